The Hall–Kier alpha value is -1.42. The number of ether oxygens (including phenoxy) is 1. The van der Waals surface area contributed by atoms with Gasteiger partial charge in [-0.05, 0) is 49.9 Å². The molecule has 0 saturated carbocycles. The van der Waals surface area contributed by atoms with Gasteiger partial charge in [-0.3, -0.25) is 0 Å². The van der Waals surface area contributed by atoms with Gasteiger partial charge in [-0.1, -0.05) is 13.0 Å². The number of rotatable bonds is 4. The fourth-order valence-corrected chi connectivity index (χ4v) is 1.77. The van der Waals surface area contributed by atoms with Gasteiger partial charge in [-0.2, -0.15) is 0 Å². The quantitative estimate of drug-likeness (QED) is 0.700. The molecule has 0 saturated heterocycles. The van der Waals surface area contributed by atoms with Gasteiger partial charge in [0.1, 0.15) is 5.75 Å². The van der Waals surface area contributed by atoms with E-state index in [2.05, 4.69) is 32.8 Å². The molecule has 0 spiro atoms. The second-order valence-corrected chi connectivity index (χ2v) is 4.18. The zero-order valence-electron chi connectivity index (χ0n) is 10.6. The van der Waals surface area contributed by atoms with Crippen molar-refractivity contribution in [1.29, 1.82) is 0 Å². The van der Waals surface area contributed by atoms with E-state index in [1.54, 1.807) is 0 Å². The minimum Gasteiger partial charge on any atom is -0.494 e. The maximum atomic E-state index is 5.56. The summed E-state index contributed by atoms with van der Waals surface area (Å²) in [6, 6.07) is 4.17. The molecule has 1 unspecified atom stereocenters. The SMILES string of the molecule is C#CC(C)Cc1ccc(OCC)c(C)c1C. The topological polar surface area (TPSA) is 9.23 Å². The number of benzene rings is 1. The number of hydrogen-bond donors (Lipinski definition) is 0. The Balaban J connectivity index is 2.98. The maximum absolute atomic E-state index is 5.56. The van der Waals surface area contributed by atoms with Crippen LogP contribution in [0.15, 0.2) is 12.1 Å². The van der Waals surface area contributed by atoms with Gasteiger partial charge in [0.2, 0.25) is 0 Å². The van der Waals surface area contributed by atoms with Crippen molar-refractivity contribution in [2.24, 2.45) is 5.92 Å². The van der Waals surface area contributed by atoms with E-state index in [-0.39, 0.29) is 5.92 Å². The van der Waals surface area contributed by atoms with E-state index in [1.165, 1.54) is 16.7 Å². The molecule has 1 heteroatoms. The van der Waals surface area contributed by atoms with E-state index >= 15 is 0 Å². The van der Waals surface area contributed by atoms with Gasteiger partial charge >= 0.3 is 0 Å². The zero-order chi connectivity index (χ0) is 12.1. The lowest BCUT2D eigenvalue weighted by molar-refractivity contribution is 0.337. The fraction of sp³-hybridized carbons (Fsp3) is 0.467. The molecule has 16 heavy (non-hydrogen) atoms. The monoisotopic (exact) mass is 216 g/mol. The first kappa shape index (κ1) is 12.6. The summed E-state index contributed by atoms with van der Waals surface area (Å²) in [5.41, 5.74) is 3.85. The highest BCUT2D eigenvalue weighted by atomic mass is 16.5. The van der Waals surface area contributed by atoms with Crippen molar-refractivity contribution in [3.63, 3.8) is 0 Å². The van der Waals surface area contributed by atoms with Gasteiger partial charge in [0.15, 0.2) is 0 Å². The molecular weight excluding hydrogens is 196 g/mol. The molecule has 1 nitrogen and oxygen atoms in total. The highest BCUT2D eigenvalue weighted by Crippen LogP contribution is 2.25. The standard InChI is InChI=1S/C15H20O/c1-6-11(3)10-14-8-9-15(16-7-2)13(5)12(14)4/h1,8-9,11H,7,10H2,2-5H3. The summed E-state index contributed by atoms with van der Waals surface area (Å²) in [7, 11) is 0. The van der Waals surface area contributed by atoms with Gasteiger partial charge in [0.05, 0.1) is 6.61 Å². The first-order valence-electron chi connectivity index (χ1n) is 5.78. The fourth-order valence-electron chi connectivity index (χ4n) is 1.77. The summed E-state index contributed by atoms with van der Waals surface area (Å²) >= 11 is 0. The molecule has 86 valence electrons. The third-order valence-corrected chi connectivity index (χ3v) is 2.96. The molecule has 0 aliphatic carbocycles. The van der Waals surface area contributed by atoms with Crippen molar-refractivity contribution >= 4 is 0 Å². The summed E-state index contributed by atoms with van der Waals surface area (Å²) in [6.45, 7) is 9.02. The van der Waals surface area contributed by atoms with Crippen LogP contribution in [0.4, 0.5) is 0 Å². The van der Waals surface area contributed by atoms with Crippen LogP contribution in [0, 0.1) is 32.1 Å². The van der Waals surface area contributed by atoms with Crippen molar-refractivity contribution in [3.8, 4) is 18.1 Å². The Labute approximate surface area is 98.8 Å². The minimum atomic E-state index is 0.288. The summed E-state index contributed by atoms with van der Waals surface area (Å²) in [6.07, 6.45) is 6.35. The number of hydrogen-bond acceptors (Lipinski definition) is 1. The van der Waals surface area contributed by atoms with Crippen molar-refractivity contribution in [2.75, 3.05) is 6.61 Å². The Bertz CT molecular complexity index is 399. The third-order valence-electron chi connectivity index (χ3n) is 2.96. The van der Waals surface area contributed by atoms with Crippen LogP contribution in [-0.2, 0) is 6.42 Å². The second kappa shape index (κ2) is 5.61. The van der Waals surface area contributed by atoms with Crippen molar-refractivity contribution in [3.05, 3.63) is 28.8 Å². The van der Waals surface area contributed by atoms with Gasteiger partial charge in [-0.15, -0.1) is 12.3 Å². The molecule has 0 amide bonds. The van der Waals surface area contributed by atoms with Gasteiger partial charge in [-0.25, -0.2) is 0 Å². The Morgan fingerprint density at radius 1 is 1.31 bits per heavy atom. The predicted molar refractivity (Wildman–Crippen MR) is 68.8 cm³/mol. The summed E-state index contributed by atoms with van der Waals surface area (Å²) < 4.78 is 5.56. The van der Waals surface area contributed by atoms with E-state index in [0.717, 1.165) is 12.2 Å². The summed E-state index contributed by atoms with van der Waals surface area (Å²) in [5.74, 6) is 4.04. The average molecular weight is 216 g/mol. The van der Waals surface area contributed by atoms with Crippen LogP contribution in [0.1, 0.15) is 30.5 Å². The van der Waals surface area contributed by atoms with Crippen LogP contribution in [0.25, 0.3) is 0 Å². The normalized spacial score (nSPS) is 11.9. The molecule has 0 radical (unpaired) electrons. The molecule has 1 atom stereocenters. The van der Waals surface area contributed by atoms with Gasteiger partial charge in [0.25, 0.3) is 0 Å². The van der Waals surface area contributed by atoms with Crippen LogP contribution in [-0.4, -0.2) is 6.61 Å². The molecule has 0 aliphatic heterocycles. The molecule has 0 fully saturated rings. The van der Waals surface area contributed by atoms with Crippen molar-refractivity contribution in [1.82, 2.24) is 0 Å². The van der Waals surface area contributed by atoms with Crippen molar-refractivity contribution < 1.29 is 4.74 Å². The lowest BCUT2D eigenvalue weighted by Crippen LogP contribution is -2.02. The van der Waals surface area contributed by atoms with Crippen LogP contribution >= 0.6 is 0 Å². The van der Waals surface area contributed by atoms with Gasteiger partial charge in [0, 0.05) is 5.92 Å². The van der Waals surface area contributed by atoms with Gasteiger partial charge < -0.3 is 4.74 Å². The molecule has 0 bridgehead atoms. The Kier molecular flexibility index (Phi) is 4.43. The van der Waals surface area contributed by atoms with E-state index in [4.69, 9.17) is 11.2 Å². The molecule has 0 heterocycles. The Morgan fingerprint density at radius 2 is 2.00 bits per heavy atom. The van der Waals surface area contributed by atoms with E-state index in [9.17, 15) is 0 Å². The molecule has 0 aliphatic rings. The lowest BCUT2D eigenvalue weighted by Gasteiger charge is -2.14. The smallest absolute Gasteiger partial charge is 0.122 e. The van der Waals surface area contributed by atoms with E-state index < -0.39 is 0 Å². The lowest BCUT2D eigenvalue weighted by atomic mass is 9.95. The molecule has 0 aromatic heterocycles. The minimum absolute atomic E-state index is 0.288. The predicted octanol–water partition coefficient (Wildman–Crippen LogP) is 3.51. The van der Waals surface area contributed by atoms with Crippen LogP contribution in [0.5, 0.6) is 5.75 Å². The Morgan fingerprint density at radius 3 is 2.56 bits per heavy atom. The molecular formula is C15H20O. The van der Waals surface area contributed by atoms with E-state index in [1.807, 2.05) is 13.0 Å². The van der Waals surface area contributed by atoms with Crippen LogP contribution < -0.4 is 4.74 Å². The highest BCUT2D eigenvalue weighted by Gasteiger charge is 2.08. The molecule has 0 N–H and O–H groups in total. The van der Waals surface area contributed by atoms with Crippen molar-refractivity contribution in [2.45, 2.75) is 34.1 Å². The maximum Gasteiger partial charge on any atom is 0.122 e. The first-order chi connectivity index (χ1) is 7.60. The molecule has 1 rings (SSSR count). The average Bonchev–Trinajstić information content (AvgIpc) is 2.28. The van der Waals surface area contributed by atoms with Crippen LogP contribution in [0.3, 0.4) is 0 Å². The van der Waals surface area contributed by atoms with E-state index in [0.29, 0.717) is 6.61 Å². The summed E-state index contributed by atoms with van der Waals surface area (Å²) in [5, 5.41) is 0. The largest absolute Gasteiger partial charge is 0.494 e. The summed E-state index contributed by atoms with van der Waals surface area (Å²) in [4.78, 5) is 0. The molecule has 1 aromatic carbocycles. The zero-order valence-corrected chi connectivity index (χ0v) is 10.6. The highest BCUT2D eigenvalue weighted by molar-refractivity contribution is 5.43. The van der Waals surface area contributed by atoms with Crippen LogP contribution in [0.2, 0.25) is 0 Å². The molecule has 1 aromatic rings. The first-order valence-corrected chi connectivity index (χ1v) is 5.78. The third kappa shape index (κ3) is 2.79. The second-order valence-electron chi connectivity index (χ2n) is 4.18. The number of terminal acetylenes is 1.